The van der Waals surface area contributed by atoms with E-state index in [9.17, 15) is 4.79 Å². The number of carbonyl (C=O) groups is 1. The van der Waals surface area contributed by atoms with Gasteiger partial charge in [0.25, 0.3) is 0 Å². The van der Waals surface area contributed by atoms with E-state index in [0.29, 0.717) is 6.42 Å². The van der Waals surface area contributed by atoms with Crippen LogP contribution in [0.2, 0.25) is 0 Å². The summed E-state index contributed by atoms with van der Waals surface area (Å²) in [5.41, 5.74) is 0.0964. The van der Waals surface area contributed by atoms with Crippen molar-refractivity contribution >= 4 is 39.5 Å². The molecule has 0 bridgehead atoms. The SMILES string of the molecule is CCCNc1ncnc(SCC2(CC(=O)OC)CC2)c1Br. The number of anilines is 1. The van der Waals surface area contributed by atoms with Gasteiger partial charge in [-0.05, 0) is 40.6 Å². The van der Waals surface area contributed by atoms with Gasteiger partial charge in [0.15, 0.2) is 0 Å². The number of nitrogens with one attached hydrogen (secondary N) is 1. The zero-order valence-electron chi connectivity index (χ0n) is 12.3. The fourth-order valence-corrected chi connectivity index (χ4v) is 3.84. The van der Waals surface area contributed by atoms with Gasteiger partial charge in [0.1, 0.15) is 17.2 Å². The van der Waals surface area contributed by atoms with Crippen LogP contribution in [0.25, 0.3) is 0 Å². The van der Waals surface area contributed by atoms with Gasteiger partial charge in [-0.1, -0.05) is 6.92 Å². The molecule has 7 heteroatoms. The predicted octanol–water partition coefficient (Wildman–Crippen LogP) is 3.50. The summed E-state index contributed by atoms with van der Waals surface area (Å²) in [5.74, 6) is 1.58. The number of thioether (sulfide) groups is 1. The molecule has 1 saturated carbocycles. The van der Waals surface area contributed by atoms with Crippen molar-refractivity contribution in [3.63, 3.8) is 0 Å². The fraction of sp³-hybridized carbons (Fsp3) is 0.643. The third-order valence-electron chi connectivity index (χ3n) is 3.52. The van der Waals surface area contributed by atoms with E-state index in [-0.39, 0.29) is 11.4 Å². The molecule has 1 N–H and O–H groups in total. The molecule has 5 nitrogen and oxygen atoms in total. The van der Waals surface area contributed by atoms with Crippen LogP contribution in [-0.4, -0.2) is 35.3 Å². The first-order valence-corrected chi connectivity index (χ1v) is 8.82. The monoisotopic (exact) mass is 373 g/mol. The Labute approximate surface area is 137 Å². The van der Waals surface area contributed by atoms with E-state index in [1.807, 2.05) is 0 Å². The lowest BCUT2D eigenvalue weighted by molar-refractivity contribution is -0.141. The van der Waals surface area contributed by atoms with E-state index < -0.39 is 0 Å². The van der Waals surface area contributed by atoms with Crippen LogP contribution in [0, 0.1) is 5.41 Å². The lowest BCUT2D eigenvalue weighted by Gasteiger charge is -2.14. The average molecular weight is 374 g/mol. The van der Waals surface area contributed by atoms with Crippen molar-refractivity contribution in [1.29, 1.82) is 0 Å². The van der Waals surface area contributed by atoms with E-state index in [0.717, 1.165) is 46.9 Å². The second kappa shape index (κ2) is 7.45. The Morgan fingerprint density at radius 2 is 2.29 bits per heavy atom. The maximum absolute atomic E-state index is 11.4. The molecule has 1 heterocycles. The van der Waals surface area contributed by atoms with Crippen molar-refractivity contribution in [1.82, 2.24) is 9.97 Å². The topological polar surface area (TPSA) is 64.1 Å². The molecule has 0 unspecified atom stereocenters. The minimum atomic E-state index is -0.125. The van der Waals surface area contributed by atoms with Crippen molar-refractivity contribution in [3.8, 4) is 0 Å². The van der Waals surface area contributed by atoms with Gasteiger partial charge in [0.05, 0.1) is 18.0 Å². The summed E-state index contributed by atoms with van der Waals surface area (Å²) in [7, 11) is 1.44. The second-order valence-corrected chi connectivity index (χ2v) is 7.07. The lowest BCUT2D eigenvalue weighted by atomic mass is 10.1. The molecular formula is C14H20BrN3O2S. The van der Waals surface area contributed by atoms with E-state index in [2.05, 4.69) is 38.1 Å². The van der Waals surface area contributed by atoms with Crippen LogP contribution in [0.5, 0.6) is 0 Å². The normalized spacial score (nSPS) is 15.6. The molecule has 116 valence electrons. The van der Waals surface area contributed by atoms with E-state index in [1.54, 1.807) is 18.1 Å². The van der Waals surface area contributed by atoms with Gasteiger partial charge < -0.3 is 10.1 Å². The molecule has 0 spiro atoms. The third-order valence-corrected chi connectivity index (χ3v) is 5.87. The van der Waals surface area contributed by atoms with Gasteiger partial charge in [-0.2, -0.15) is 0 Å². The number of methoxy groups -OCH3 is 1. The molecule has 0 saturated heterocycles. The number of esters is 1. The summed E-state index contributed by atoms with van der Waals surface area (Å²) >= 11 is 5.23. The molecule has 2 rings (SSSR count). The van der Waals surface area contributed by atoms with Crippen molar-refractivity contribution in [2.75, 3.05) is 24.7 Å². The Hall–Kier alpha value is -0.820. The van der Waals surface area contributed by atoms with E-state index in [4.69, 9.17) is 4.74 Å². The number of ether oxygens (including phenoxy) is 1. The summed E-state index contributed by atoms with van der Waals surface area (Å²) < 4.78 is 5.67. The number of aromatic nitrogens is 2. The van der Waals surface area contributed by atoms with E-state index in [1.165, 1.54) is 7.11 Å². The molecule has 1 aromatic heterocycles. The van der Waals surface area contributed by atoms with Crippen LogP contribution in [0.3, 0.4) is 0 Å². The standard InChI is InChI=1S/C14H20BrN3O2S/c1-3-6-16-12-11(15)13(18-9-17-12)21-8-14(4-5-14)7-10(19)20-2/h9H,3-8H2,1-2H3,(H,16,17,18). The molecule has 0 radical (unpaired) electrons. The van der Waals surface area contributed by atoms with Crippen LogP contribution >= 0.6 is 27.7 Å². The van der Waals surface area contributed by atoms with Crippen LogP contribution in [0.4, 0.5) is 5.82 Å². The fourth-order valence-electron chi connectivity index (χ4n) is 1.97. The number of hydrogen-bond acceptors (Lipinski definition) is 6. The largest absolute Gasteiger partial charge is 0.469 e. The number of rotatable bonds is 8. The molecule has 1 aliphatic rings. The number of nitrogens with zero attached hydrogens (tertiary/aromatic N) is 2. The minimum absolute atomic E-state index is 0.0964. The molecule has 0 atom stereocenters. The highest BCUT2D eigenvalue weighted by Gasteiger charge is 2.44. The average Bonchev–Trinajstić information content (AvgIpc) is 3.24. The van der Waals surface area contributed by atoms with Gasteiger partial charge in [-0.3, -0.25) is 4.79 Å². The highest BCUT2D eigenvalue weighted by atomic mass is 79.9. The Morgan fingerprint density at radius 1 is 1.52 bits per heavy atom. The van der Waals surface area contributed by atoms with Crippen molar-refractivity contribution in [3.05, 3.63) is 10.8 Å². The van der Waals surface area contributed by atoms with Crippen molar-refractivity contribution in [2.45, 2.75) is 37.6 Å². The number of hydrogen-bond donors (Lipinski definition) is 1. The number of halogens is 1. The number of carbonyl (C=O) groups excluding carboxylic acids is 1. The summed E-state index contributed by atoms with van der Waals surface area (Å²) in [6.07, 6.45) is 5.28. The predicted molar refractivity (Wildman–Crippen MR) is 87.5 cm³/mol. The molecule has 0 amide bonds. The van der Waals surface area contributed by atoms with Gasteiger partial charge in [0.2, 0.25) is 0 Å². The maximum Gasteiger partial charge on any atom is 0.306 e. The zero-order valence-corrected chi connectivity index (χ0v) is 14.7. The first-order valence-electron chi connectivity index (χ1n) is 7.04. The molecule has 1 aromatic rings. The van der Waals surface area contributed by atoms with Crippen molar-refractivity contribution < 1.29 is 9.53 Å². The summed E-state index contributed by atoms with van der Waals surface area (Å²) in [4.78, 5) is 20.0. The smallest absolute Gasteiger partial charge is 0.306 e. The molecular weight excluding hydrogens is 354 g/mol. The molecule has 0 aromatic carbocycles. The van der Waals surface area contributed by atoms with Gasteiger partial charge in [0, 0.05) is 12.3 Å². The van der Waals surface area contributed by atoms with Gasteiger partial charge in [-0.15, -0.1) is 11.8 Å². The minimum Gasteiger partial charge on any atom is -0.469 e. The van der Waals surface area contributed by atoms with Crippen LogP contribution < -0.4 is 5.32 Å². The molecule has 21 heavy (non-hydrogen) atoms. The summed E-state index contributed by atoms with van der Waals surface area (Å²) in [6.45, 7) is 2.99. The first-order chi connectivity index (χ1) is 10.1. The van der Waals surface area contributed by atoms with Gasteiger partial charge >= 0.3 is 5.97 Å². The first kappa shape index (κ1) is 16.5. The quantitative estimate of drug-likeness (QED) is 0.427. The van der Waals surface area contributed by atoms with Crippen molar-refractivity contribution in [2.24, 2.45) is 5.41 Å². The lowest BCUT2D eigenvalue weighted by Crippen LogP contribution is -2.13. The highest BCUT2D eigenvalue weighted by molar-refractivity contribution is 9.10. The molecule has 0 aliphatic heterocycles. The molecule has 1 fully saturated rings. The Bertz CT molecular complexity index is 509. The summed E-state index contributed by atoms with van der Waals surface area (Å²) in [6, 6.07) is 0. The Morgan fingerprint density at radius 3 is 2.90 bits per heavy atom. The Kier molecular flexibility index (Phi) is 5.87. The van der Waals surface area contributed by atoms with Crippen LogP contribution in [0.1, 0.15) is 32.6 Å². The maximum atomic E-state index is 11.4. The van der Waals surface area contributed by atoms with E-state index >= 15 is 0 Å². The summed E-state index contributed by atoms with van der Waals surface area (Å²) in [5, 5.41) is 4.19. The van der Waals surface area contributed by atoms with Crippen LogP contribution in [-0.2, 0) is 9.53 Å². The Balaban J connectivity index is 1.95. The zero-order chi connectivity index (χ0) is 15.3. The highest BCUT2D eigenvalue weighted by Crippen LogP contribution is 2.52. The van der Waals surface area contributed by atoms with Crippen LogP contribution in [0.15, 0.2) is 15.8 Å². The molecule has 1 aliphatic carbocycles. The third kappa shape index (κ3) is 4.57. The second-order valence-electron chi connectivity index (χ2n) is 5.31. The van der Waals surface area contributed by atoms with Gasteiger partial charge in [-0.25, -0.2) is 9.97 Å².